The highest BCUT2D eigenvalue weighted by Gasteiger charge is 2.30. The molecule has 0 radical (unpaired) electrons. The van der Waals surface area contributed by atoms with Gasteiger partial charge in [-0.1, -0.05) is 65.7 Å². The summed E-state index contributed by atoms with van der Waals surface area (Å²) in [7, 11) is 0. The van der Waals surface area contributed by atoms with Crippen LogP contribution in [0, 0.1) is 5.92 Å². The van der Waals surface area contributed by atoms with E-state index in [9.17, 15) is 0 Å². The summed E-state index contributed by atoms with van der Waals surface area (Å²) in [4.78, 5) is 0. The molecule has 0 saturated heterocycles. The molecule has 2 N–H and O–H groups in total. The minimum Gasteiger partial charge on any atom is -0.325 e. The van der Waals surface area contributed by atoms with Crippen molar-refractivity contribution >= 4 is 11.6 Å². The lowest BCUT2D eigenvalue weighted by Gasteiger charge is -2.36. The van der Waals surface area contributed by atoms with E-state index in [0.717, 1.165) is 25.1 Å². The molecule has 0 spiro atoms. The van der Waals surface area contributed by atoms with Gasteiger partial charge in [-0.2, -0.15) is 0 Å². The standard InChI is InChI=1S/C18H38ClN/c1-4-7-8-9-10-11-14-17(15-12-13-16-19)18(20,5-2)6-3/h17H,4-16,20H2,1-3H3. The number of unbranched alkanes of at least 4 members (excludes halogenated alkanes) is 6. The molecule has 0 aliphatic rings. The quantitative estimate of drug-likeness (QED) is 0.296. The first kappa shape index (κ1) is 20.2. The fourth-order valence-electron chi connectivity index (χ4n) is 3.20. The molecule has 0 rings (SSSR count). The van der Waals surface area contributed by atoms with Crippen molar-refractivity contribution in [1.82, 2.24) is 0 Å². The van der Waals surface area contributed by atoms with E-state index in [1.54, 1.807) is 0 Å². The number of hydrogen-bond donors (Lipinski definition) is 1. The number of hydrogen-bond acceptors (Lipinski definition) is 1. The maximum absolute atomic E-state index is 6.65. The molecule has 0 bridgehead atoms. The van der Waals surface area contributed by atoms with Crippen LogP contribution in [0.2, 0.25) is 0 Å². The molecule has 0 fully saturated rings. The first-order valence-corrected chi connectivity index (χ1v) is 9.52. The van der Waals surface area contributed by atoms with Gasteiger partial charge in [-0.15, -0.1) is 11.6 Å². The number of alkyl halides is 1. The summed E-state index contributed by atoms with van der Waals surface area (Å²) in [5.74, 6) is 1.48. The first-order chi connectivity index (χ1) is 9.64. The van der Waals surface area contributed by atoms with Crippen LogP contribution in [0.15, 0.2) is 0 Å². The van der Waals surface area contributed by atoms with Gasteiger partial charge in [0.1, 0.15) is 0 Å². The topological polar surface area (TPSA) is 26.0 Å². The van der Waals surface area contributed by atoms with Gasteiger partial charge in [0.05, 0.1) is 0 Å². The van der Waals surface area contributed by atoms with Gasteiger partial charge >= 0.3 is 0 Å². The largest absolute Gasteiger partial charge is 0.325 e. The Morgan fingerprint density at radius 2 is 1.30 bits per heavy atom. The van der Waals surface area contributed by atoms with Gasteiger partial charge < -0.3 is 5.73 Å². The average molecular weight is 304 g/mol. The smallest absolute Gasteiger partial charge is 0.0223 e. The summed E-state index contributed by atoms with van der Waals surface area (Å²) in [5.41, 5.74) is 6.70. The third kappa shape index (κ3) is 8.52. The van der Waals surface area contributed by atoms with Crippen LogP contribution in [0.4, 0.5) is 0 Å². The Morgan fingerprint density at radius 1 is 0.800 bits per heavy atom. The van der Waals surface area contributed by atoms with Gasteiger partial charge in [-0.3, -0.25) is 0 Å². The van der Waals surface area contributed by atoms with Crippen molar-refractivity contribution in [2.75, 3.05) is 5.88 Å². The molecule has 0 aliphatic carbocycles. The Kier molecular flexibility index (Phi) is 13.1. The number of nitrogens with two attached hydrogens (primary N) is 1. The highest BCUT2D eigenvalue weighted by molar-refractivity contribution is 6.17. The molecule has 1 unspecified atom stereocenters. The highest BCUT2D eigenvalue weighted by atomic mass is 35.5. The lowest BCUT2D eigenvalue weighted by Crippen LogP contribution is -2.46. The zero-order valence-electron chi connectivity index (χ0n) is 14.2. The van der Waals surface area contributed by atoms with E-state index in [4.69, 9.17) is 17.3 Å². The van der Waals surface area contributed by atoms with Crippen molar-refractivity contribution in [1.29, 1.82) is 0 Å². The van der Waals surface area contributed by atoms with Gasteiger partial charge in [0, 0.05) is 11.4 Å². The third-order valence-corrected chi connectivity index (χ3v) is 5.24. The van der Waals surface area contributed by atoms with Crippen LogP contribution in [0.1, 0.15) is 97.8 Å². The van der Waals surface area contributed by atoms with Gasteiger partial charge in [0.2, 0.25) is 0 Å². The maximum atomic E-state index is 6.65. The Bertz CT molecular complexity index is 202. The van der Waals surface area contributed by atoms with Crippen molar-refractivity contribution in [2.45, 2.75) is 103 Å². The molecule has 0 aromatic rings. The lowest BCUT2D eigenvalue weighted by atomic mass is 9.75. The second kappa shape index (κ2) is 13.0. The van der Waals surface area contributed by atoms with Crippen LogP contribution >= 0.6 is 11.6 Å². The van der Waals surface area contributed by atoms with Crippen molar-refractivity contribution in [3.05, 3.63) is 0 Å². The minimum atomic E-state index is 0.0513. The van der Waals surface area contributed by atoms with E-state index in [1.807, 2.05) is 0 Å². The number of halogens is 1. The molecule has 0 saturated carbocycles. The number of rotatable bonds is 14. The van der Waals surface area contributed by atoms with Gasteiger partial charge in [-0.25, -0.2) is 0 Å². The molecule has 0 amide bonds. The molecule has 122 valence electrons. The van der Waals surface area contributed by atoms with Crippen molar-refractivity contribution in [2.24, 2.45) is 11.7 Å². The summed E-state index contributed by atoms with van der Waals surface area (Å²) in [6.45, 7) is 6.77. The van der Waals surface area contributed by atoms with Crippen molar-refractivity contribution < 1.29 is 0 Å². The molecule has 1 nitrogen and oxygen atoms in total. The van der Waals surface area contributed by atoms with Crippen molar-refractivity contribution in [3.8, 4) is 0 Å². The summed E-state index contributed by atoms with van der Waals surface area (Å²) >= 11 is 5.81. The molecule has 0 aromatic carbocycles. The average Bonchev–Trinajstić information content (AvgIpc) is 2.48. The molecular formula is C18H38ClN. The second-order valence-corrected chi connectivity index (χ2v) is 6.76. The summed E-state index contributed by atoms with van der Waals surface area (Å²) < 4.78 is 0. The van der Waals surface area contributed by atoms with Gasteiger partial charge in [0.25, 0.3) is 0 Å². The Hall–Kier alpha value is 0.250. The van der Waals surface area contributed by atoms with Crippen LogP contribution in [0.3, 0.4) is 0 Å². The Morgan fingerprint density at radius 3 is 1.80 bits per heavy atom. The van der Waals surface area contributed by atoms with Gasteiger partial charge in [-0.05, 0) is 38.0 Å². The summed E-state index contributed by atoms with van der Waals surface area (Å²) in [6, 6.07) is 0. The monoisotopic (exact) mass is 303 g/mol. The molecule has 0 heterocycles. The predicted molar refractivity (Wildman–Crippen MR) is 93.6 cm³/mol. The molecule has 20 heavy (non-hydrogen) atoms. The maximum Gasteiger partial charge on any atom is 0.0223 e. The van der Waals surface area contributed by atoms with Crippen LogP contribution in [-0.4, -0.2) is 11.4 Å². The van der Waals surface area contributed by atoms with Crippen molar-refractivity contribution in [3.63, 3.8) is 0 Å². The van der Waals surface area contributed by atoms with E-state index < -0.39 is 0 Å². The molecular weight excluding hydrogens is 266 g/mol. The molecule has 2 heteroatoms. The summed E-state index contributed by atoms with van der Waals surface area (Å²) in [6.07, 6.45) is 15.4. The van der Waals surface area contributed by atoms with E-state index in [1.165, 1.54) is 57.8 Å². The van der Waals surface area contributed by atoms with E-state index >= 15 is 0 Å². The van der Waals surface area contributed by atoms with Crippen LogP contribution in [0.5, 0.6) is 0 Å². The van der Waals surface area contributed by atoms with Crippen LogP contribution < -0.4 is 5.73 Å². The highest BCUT2D eigenvalue weighted by Crippen LogP contribution is 2.31. The normalized spacial score (nSPS) is 13.7. The fourth-order valence-corrected chi connectivity index (χ4v) is 3.39. The first-order valence-electron chi connectivity index (χ1n) is 8.99. The van der Waals surface area contributed by atoms with Crippen LogP contribution in [-0.2, 0) is 0 Å². The SMILES string of the molecule is CCCCCCCCC(CCCCCl)C(N)(CC)CC. The molecule has 0 aromatic heterocycles. The second-order valence-electron chi connectivity index (χ2n) is 6.38. The van der Waals surface area contributed by atoms with E-state index in [2.05, 4.69) is 20.8 Å². The van der Waals surface area contributed by atoms with Crippen LogP contribution in [0.25, 0.3) is 0 Å². The Balaban J connectivity index is 4.10. The predicted octanol–water partition coefficient (Wildman–Crippen LogP) is 6.28. The molecule has 1 atom stereocenters. The van der Waals surface area contributed by atoms with E-state index in [0.29, 0.717) is 5.92 Å². The fraction of sp³-hybridized carbons (Fsp3) is 1.00. The summed E-state index contributed by atoms with van der Waals surface area (Å²) in [5, 5.41) is 0. The zero-order valence-corrected chi connectivity index (χ0v) is 15.0. The van der Waals surface area contributed by atoms with E-state index in [-0.39, 0.29) is 5.54 Å². The zero-order chi connectivity index (χ0) is 15.3. The lowest BCUT2D eigenvalue weighted by molar-refractivity contribution is 0.214. The third-order valence-electron chi connectivity index (χ3n) is 4.97. The minimum absolute atomic E-state index is 0.0513. The van der Waals surface area contributed by atoms with Gasteiger partial charge in [0.15, 0.2) is 0 Å². The Labute approximate surface area is 133 Å². The molecule has 0 aliphatic heterocycles.